The van der Waals surface area contributed by atoms with Gasteiger partial charge in [-0.2, -0.15) is 13.2 Å². The molecule has 0 aliphatic carbocycles. The average molecular weight is 651 g/mol. The largest absolute Gasteiger partial charge is 0.457 e. The molecule has 0 bridgehead atoms. The highest BCUT2D eigenvalue weighted by atomic mass is 32.2. The van der Waals surface area contributed by atoms with Gasteiger partial charge in [-0.15, -0.1) is 0 Å². The molecule has 0 atom stereocenters. The predicted octanol–water partition coefficient (Wildman–Crippen LogP) is 6.98. The molecule has 8 nitrogen and oxygen atoms in total. The van der Waals surface area contributed by atoms with E-state index in [1.165, 1.54) is 72.8 Å². The second kappa shape index (κ2) is 13.7. The van der Waals surface area contributed by atoms with Crippen LogP contribution in [-0.2, 0) is 21.9 Å². The van der Waals surface area contributed by atoms with E-state index in [0.29, 0.717) is 18.8 Å². The van der Waals surface area contributed by atoms with Gasteiger partial charge in [0.15, 0.2) is 0 Å². The monoisotopic (exact) mass is 650 g/mol. The Morgan fingerprint density at radius 1 is 0.622 bits per heavy atom. The van der Waals surface area contributed by atoms with Gasteiger partial charge in [-0.25, -0.2) is 17.2 Å². The number of hydrogen-bond acceptors (Lipinski definition) is 8. The number of ether oxygens (including phenoxy) is 2. The highest BCUT2D eigenvalue weighted by Gasteiger charge is 2.31. The fourth-order valence-electron chi connectivity index (χ4n) is 4.15. The number of halogens is 5. The maximum atomic E-state index is 14.0. The number of nitrogens with one attached hydrogen (secondary N) is 2. The number of hydrogen-bond donors (Lipinski definition) is 4. The van der Waals surface area contributed by atoms with Crippen molar-refractivity contribution >= 4 is 21.2 Å². The van der Waals surface area contributed by atoms with Crippen LogP contribution in [0.1, 0.15) is 18.1 Å². The van der Waals surface area contributed by atoms with Crippen LogP contribution in [-0.4, -0.2) is 34.6 Å². The quantitative estimate of drug-likeness (QED) is 0.114. The molecule has 14 heteroatoms. The summed E-state index contributed by atoms with van der Waals surface area (Å²) < 4.78 is 106. The molecule has 4 aromatic carbocycles. The van der Waals surface area contributed by atoms with Gasteiger partial charge in [0.05, 0.1) is 15.4 Å². The minimum Gasteiger partial charge on any atom is -0.457 e. The van der Waals surface area contributed by atoms with Gasteiger partial charge < -0.3 is 31.6 Å². The number of sulfone groups is 1. The van der Waals surface area contributed by atoms with Crippen LogP contribution in [0.2, 0.25) is 0 Å². The molecule has 0 amide bonds. The van der Waals surface area contributed by atoms with Gasteiger partial charge in [0.2, 0.25) is 9.84 Å². The van der Waals surface area contributed by atoms with Gasteiger partial charge in [-0.3, -0.25) is 0 Å². The third-order valence-electron chi connectivity index (χ3n) is 6.33. The van der Waals surface area contributed by atoms with Crippen LogP contribution < -0.4 is 31.6 Å². The van der Waals surface area contributed by atoms with Gasteiger partial charge >= 0.3 is 6.18 Å². The van der Waals surface area contributed by atoms with Crippen molar-refractivity contribution in [2.75, 3.05) is 36.8 Å². The molecule has 0 fully saturated rings. The third kappa shape index (κ3) is 8.84. The lowest BCUT2D eigenvalue weighted by Crippen LogP contribution is -2.14. The molecule has 0 aromatic heterocycles. The summed E-state index contributed by atoms with van der Waals surface area (Å²) in [6.45, 7) is 1.87. The SMILES string of the molecule is CC(F)(F)c1cc(NCCN)cc(Oc2ccc(S(=O)(=O)c3ccc(Oc4cc(NCCN)cc(C(F)(F)F)c4)cc3)cc2)c1. The van der Waals surface area contributed by atoms with Gasteiger partial charge in [-0.05, 0) is 72.8 Å². The van der Waals surface area contributed by atoms with Crippen molar-refractivity contribution in [2.24, 2.45) is 11.5 Å². The fraction of sp³-hybridized carbons (Fsp3) is 0.226. The Labute approximate surface area is 257 Å². The van der Waals surface area contributed by atoms with Gasteiger partial charge in [0, 0.05) is 62.2 Å². The van der Waals surface area contributed by atoms with Crippen molar-refractivity contribution < 1.29 is 39.8 Å². The average Bonchev–Trinajstić information content (AvgIpc) is 2.98. The van der Waals surface area contributed by atoms with Crippen molar-refractivity contribution in [3.63, 3.8) is 0 Å². The number of rotatable bonds is 13. The van der Waals surface area contributed by atoms with Crippen LogP contribution >= 0.6 is 0 Å². The molecule has 0 heterocycles. The Morgan fingerprint density at radius 2 is 1.02 bits per heavy atom. The summed E-state index contributed by atoms with van der Waals surface area (Å²) in [6.07, 6.45) is -4.62. The van der Waals surface area contributed by atoms with Gasteiger partial charge in [0.25, 0.3) is 5.92 Å². The highest BCUT2D eigenvalue weighted by molar-refractivity contribution is 7.91. The lowest BCUT2D eigenvalue weighted by molar-refractivity contribution is -0.137. The molecule has 0 spiro atoms. The summed E-state index contributed by atoms with van der Waals surface area (Å²) in [5.74, 6) is -2.80. The minimum absolute atomic E-state index is 0.0730. The van der Waals surface area contributed by atoms with Crippen molar-refractivity contribution in [2.45, 2.75) is 28.8 Å². The Balaban J connectivity index is 1.51. The van der Waals surface area contributed by atoms with Crippen molar-refractivity contribution in [3.05, 3.63) is 96.1 Å². The van der Waals surface area contributed by atoms with Crippen LogP contribution in [0.3, 0.4) is 0 Å². The van der Waals surface area contributed by atoms with Crippen LogP contribution in [0.25, 0.3) is 0 Å². The van der Waals surface area contributed by atoms with Gasteiger partial charge in [0.1, 0.15) is 23.0 Å². The lowest BCUT2D eigenvalue weighted by Gasteiger charge is -2.16. The zero-order valence-corrected chi connectivity index (χ0v) is 24.8. The van der Waals surface area contributed by atoms with Crippen molar-refractivity contribution in [1.82, 2.24) is 0 Å². The zero-order chi connectivity index (χ0) is 32.8. The first-order valence-corrected chi connectivity index (χ1v) is 15.1. The van der Waals surface area contributed by atoms with E-state index in [2.05, 4.69) is 10.6 Å². The molecular weight excluding hydrogens is 619 g/mol. The van der Waals surface area contributed by atoms with Crippen LogP contribution in [0.5, 0.6) is 23.0 Å². The zero-order valence-electron chi connectivity index (χ0n) is 24.0. The Morgan fingerprint density at radius 3 is 1.40 bits per heavy atom. The Bertz CT molecular complexity index is 1590. The highest BCUT2D eigenvalue weighted by Crippen LogP contribution is 2.37. The maximum Gasteiger partial charge on any atom is 0.416 e. The molecule has 4 aromatic rings. The van der Waals surface area contributed by atoms with E-state index in [9.17, 15) is 30.4 Å². The Kier molecular flexibility index (Phi) is 10.2. The molecular formula is C31H31F5N4O4S. The maximum absolute atomic E-state index is 14.0. The van der Waals surface area contributed by atoms with Crippen molar-refractivity contribution in [1.29, 1.82) is 0 Å². The van der Waals surface area contributed by atoms with E-state index in [4.69, 9.17) is 20.9 Å². The lowest BCUT2D eigenvalue weighted by atomic mass is 10.1. The first kappa shape index (κ1) is 33.5. The molecule has 6 N–H and O–H groups in total. The molecule has 4 rings (SSSR count). The molecule has 45 heavy (non-hydrogen) atoms. The summed E-state index contributed by atoms with van der Waals surface area (Å²) in [7, 11) is -4.01. The van der Waals surface area contributed by atoms with Crippen molar-refractivity contribution in [3.8, 4) is 23.0 Å². The first-order valence-electron chi connectivity index (χ1n) is 13.6. The number of alkyl halides is 5. The van der Waals surface area contributed by atoms with Crippen LogP contribution in [0, 0.1) is 0 Å². The van der Waals surface area contributed by atoms with E-state index in [0.717, 1.165) is 19.1 Å². The summed E-state index contributed by atoms with van der Waals surface area (Å²) >= 11 is 0. The number of benzene rings is 4. The number of nitrogens with two attached hydrogens (primary N) is 2. The number of anilines is 2. The van der Waals surface area contributed by atoms with E-state index >= 15 is 0 Å². The Hall–Kier alpha value is -4.40. The molecule has 0 unspecified atom stereocenters. The molecule has 0 saturated heterocycles. The van der Waals surface area contributed by atoms with E-state index < -0.39 is 27.5 Å². The predicted molar refractivity (Wildman–Crippen MR) is 161 cm³/mol. The third-order valence-corrected chi connectivity index (χ3v) is 8.12. The second-order valence-electron chi connectivity index (χ2n) is 9.96. The molecule has 0 aliphatic rings. The normalized spacial score (nSPS) is 12.1. The smallest absolute Gasteiger partial charge is 0.416 e. The summed E-state index contributed by atoms with van der Waals surface area (Å²) in [4.78, 5) is -0.164. The second-order valence-corrected chi connectivity index (χ2v) is 11.9. The molecule has 240 valence electrons. The van der Waals surface area contributed by atoms with Crippen LogP contribution in [0.4, 0.5) is 33.3 Å². The standard InChI is InChI=1S/C31H31F5N4O4S/c1-30(32,33)20-14-22(39-12-10-37)18-26(16-20)43-24-2-6-28(7-3-24)45(41,42)29-8-4-25(5-9-29)44-27-17-21(31(34,35)36)15-23(19-27)40-13-11-38/h2-9,14-19,39-40H,10-13,37-38H2,1H3. The molecule has 0 aliphatic heterocycles. The van der Waals surface area contributed by atoms with Crippen LogP contribution in [0.15, 0.2) is 94.7 Å². The fourth-order valence-corrected chi connectivity index (χ4v) is 5.41. The minimum atomic E-state index is -4.62. The molecule has 0 radical (unpaired) electrons. The van der Waals surface area contributed by atoms with E-state index in [-0.39, 0.29) is 57.1 Å². The van der Waals surface area contributed by atoms with E-state index in [1.807, 2.05) is 0 Å². The topological polar surface area (TPSA) is 129 Å². The summed E-state index contributed by atoms with van der Waals surface area (Å²) in [6, 6.07) is 17.7. The van der Waals surface area contributed by atoms with E-state index in [1.54, 1.807) is 0 Å². The summed E-state index contributed by atoms with van der Waals surface area (Å²) in [5, 5.41) is 5.72. The first-order chi connectivity index (χ1) is 21.2. The summed E-state index contributed by atoms with van der Waals surface area (Å²) in [5.41, 5.74) is 10.3. The molecule has 0 saturated carbocycles. The van der Waals surface area contributed by atoms with Gasteiger partial charge in [-0.1, -0.05) is 0 Å².